The van der Waals surface area contributed by atoms with E-state index in [2.05, 4.69) is 0 Å². The number of carboxylic acid groups (broad SMARTS) is 1. The van der Waals surface area contributed by atoms with Crippen molar-refractivity contribution in [2.24, 2.45) is 5.73 Å². The molecule has 112 valence electrons. The average Bonchev–Trinajstić information content (AvgIpc) is 2.75. The molecule has 21 heavy (non-hydrogen) atoms. The first-order valence-electron chi connectivity index (χ1n) is 6.88. The lowest BCUT2D eigenvalue weighted by Gasteiger charge is -2.23. The number of carbonyl (C=O) groups is 3. The Bertz CT molecular complexity index is 597. The van der Waals surface area contributed by atoms with Gasteiger partial charge in [-0.1, -0.05) is 25.5 Å². The first-order chi connectivity index (χ1) is 9.95. The number of benzene rings is 1. The van der Waals surface area contributed by atoms with Crippen LogP contribution in [0.2, 0.25) is 0 Å². The molecule has 0 fully saturated rings. The lowest BCUT2D eigenvalue weighted by Crippen LogP contribution is -2.43. The second-order valence-electron chi connectivity index (χ2n) is 5.15. The third-order valence-electron chi connectivity index (χ3n) is 3.67. The van der Waals surface area contributed by atoms with E-state index in [9.17, 15) is 19.5 Å². The van der Waals surface area contributed by atoms with Gasteiger partial charge in [-0.25, -0.2) is 4.79 Å². The maximum atomic E-state index is 12.4. The van der Waals surface area contributed by atoms with Crippen molar-refractivity contribution in [2.75, 3.05) is 0 Å². The minimum Gasteiger partial charge on any atom is -0.480 e. The normalized spacial score (nSPS) is 14.9. The van der Waals surface area contributed by atoms with Crippen molar-refractivity contribution in [3.8, 4) is 0 Å². The molecule has 0 spiro atoms. The molecule has 0 saturated heterocycles. The second kappa shape index (κ2) is 5.95. The fraction of sp³-hybridized carbons (Fsp3) is 0.400. The molecule has 1 heterocycles. The summed E-state index contributed by atoms with van der Waals surface area (Å²) in [7, 11) is 0. The highest BCUT2D eigenvalue weighted by Gasteiger charge is 2.37. The van der Waals surface area contributed by atoms with Gasteiger partial charge in [-0.3, -0.25) is 9.59 Å². The van der Waals surface area contributed by atoms with Crippen molar-refractivity contribution < 1.29 is 19.5 Å². The van der Waals surface area contributed by atoms with Gasteiger partial charge < -0.3 is 15.7 Å². The van der Waals surface area contributed by atoms with E-state index in [4.69, 9.17) is 5.73 Å². The maximum absolute atomic E-state index is 12.4. The van der Waals surface area contributed by atoms with Gasteiger partial charge in [0, 0.05) is 12.1 Å². The Morgan fingerprint density at radius 1 is 1.43 bits per heavy atom. The molecule has 2 amide bonds. The van der Waals surface area contributed by atoms with Gasteiger partial charge in [0.2, 0.25) is 5.91 Å². The van der Waals surface area contributed by atoms with Gasteiger partial charge in [0.15, 0.2) is 0 Å². The molecule has 1 aromatic carbocycles. The van der Waals surface area contributed by atoms with Gasteiger partial charge in [0.25, 0.3) is 5.91 Å². The molecule has 1 aliphatic heterocycles. The fourth-order valence-corrected chi connectivity index (χ4v) is 2.70. The quantitative estimate of drug-likeness (QED) is 0.813. The average molecular weight is 290 g/mol. The number of carboxylic acids is 1. The van der Waals surface area contributed by atoms with E-state index >= 15 is 0 Å². The van der Waals surface area contributed by atoms with E-state index in [0.717, 1.165) is 24.0 Å². The Labute approximate surface area is 122 Å². The van der Waals surface area contributed by atoms with Crippen LogP contribution in [0.15, 0.2) is 18.2 Å². The number of hydrogen-bond donors (Lipinski definition) is 2. The van der Waals surface area contributed by atoms with Crippen LogP contribution >= 0.6 is 0 Å². The monoisotopic (exact) mass is 290 g/mol. The van der Waals surface area contributed by atoms with E-state index in [0.29, 0.717) is 5.56 Å². The van der Waals surface area contributed by atoms with E-state index in [1.807, 2.05) is 13.0 Å². The Kier molecular flexibility index (Phi) is 4.26. The topological polar surface area (TPSA) is 101 Å². The summed E-state index contributed by atoms with van der Waals surface area (Å²) in [6, 6.07) is 4.23. The third-order valence-corrected chi connectivity index (χ3v) is 3.67. The molecule has 2 rings (SSSR count). The van der Waals surface area contributed by atoms with E-state index in [-0.39, 0.29) is 18.9 Å². The number of amides is 2. The molecule has 1 unspecified atom stereocenters. The molecule has 0 bridgehead atoms. The summed E-state index contributed by atoms with van der Waals surface area (Å²) in [5.41, 5.74) is 7.52. The largest absolute Gasteiger partial charge is 0.480 e. The molecule has 0 aliphatic carbocycles. The number of nitrogens with two attached hydrogens (primary N) is 1. The van der Waals surface area contributed by atoms with Gasteiger partial charge in [-0.05, 0) is 23.6 Å². The number of fused-ring (bicyclic) bond motifs is 1. The molecule has 0 radical (unpaired) electrons. The predicted octanol–water partition coefficient (Wildman–Crippen LogP) is 0.923. The second-order valence-corrected chi connectivity index (χ2v) is 5.15. The summed E-state index contributed by atoms with van der Waals surface area (Å²) >= 11 is 0. The van der Waals surface area contributed by atoms with Gasteiger partial charge in [0.1, 0.15) is 6.04 Å². The first kappa shape index (κ1) is 15.0. The van der Waals surface area contributed by atoms with Crippen LogP contribution < -0.4 is 5.73 Å². The summed E-state index contributed by atoms with van der Waals surface area (Å²) < 4.78 is 0. The van der Waals surface area contributed by atoms with Crippen LogP contribution in [0, 0.1) is 0 Å². The van der Waals surface area contributed by atoms with Gasteiger partial charge in [-0.15, -0.1) is 0 Å². The van der Waals surface area contributed by atoms with Crippen LogP contribution in [-0.4, -0.2) is 33.8 Å². The molecule has 3 N–H and O–H groups in total. The van der Waals surface area contributed by atoms with Crippen LogP contribution in [-0.2, 0) is 22.6 Å². The number of carbonyl (C=O) groups excluding carboxylic acids is 2. The third kappa shape index (κ3) is 2.89. The van der Waals surface area contributed by atoms with Crippen molar-refractivity contribution in [3.05, 3.63) is 34.9 Å². The molecule has 0 saturated carbocycles. The molecule has 0 aromatic heterocycles. The van der Waals surface area contributed by atoms with Crippen molar-refractivity contribution in [1.29, 1.82) is 0 Å². The molecule has 1 aliphatic rings. The van der Waals surface area contributed by atoms with Crippen molar-refractivity contribution >= 4 is 17.8 Å². The van der Waals surface area contributed by atoms with Gasteiger partial charge in [0.05, 0.1) is 6.42 Å². The first-order valence-corrected chi connectivity index (χ1v) is 6.88. The lowest BCUT2D eigenvalue weighted by atomic mass is 10.00. The molecule has 6 nitrogen and oxygen atoms in total. The number of aryl methyl sites for hydroxylation is 1. The number of primary amides is 1. The standard InChI is InChI=1S/C15H18N2O4/c1-2-4-9-5-3-6-10-11(9)8-17(14(10)19)12(15(20)21)7-13(16)18/h3,5-6,12H,2,4,7-8H2,1H3,(H2,16,18)(H,20,21). The van der Waals surface area contributed by atoms with Crippen LogP contribution in [0.25, 0.3) is 0 Å². The van der Waals surface area contributed by atoms with Crippen molar-refractivity contribution in [3.63, 3.8) is 0 Å². The van der Waals surface area contributed by atoms with Crippen LogP contribution in [0.1, 0.15) is 41.3 Å². The molecule has 6 heteroatoms. The summed E-state index contributed by atoms with van der Waals surface area (Å²) in [5.74, 6) is -2.30. The maximum Gasteiger partial charge on any atom is 0.326 e. The molecular weight excluding hydrogens is 272 g/mol. The number of rotatable bonds is 6. The van der Waals surface area contributed by atoms with E-state index in [1.165, 1.54) is 4.90 Å². The predicted molar refractivity (Wildman–Crippen MR) is 75.5 cm³/mol. The molecule has 1 aromatic rings. The minimum atomic E-state index is -1.22. The smallest absolute Gasteiger partial charge is 0.326 e. The molecular formula is C15H18N2O4. The zero-order valence-corrected chi connectivity index (χ0v) is 11.8. The highest BCUT2D eigenvalue weighted by molar-refractivity contribution is 6.01. The van der Waals surface area contributed by atoms with Gasteiger partial charge >= 0.3 is 5.97 Å². The highest BCUT2D eigenvalue weighted by atomic mass is 16.4. The Hall–Kier alpha value is -2.37. The highest BCUT2D eigenvalue weighted by Crippen LogP contribution is 2.29. The Morgan fingerprint density at radius 2 is 2.14 bits per heavy atom. The lowest BCUT2D eigenvalue weighted by molar-refractivity contribution is -0.144. The van der Waals surface area contributed by atoms with E-state index in [1.54, 1.807) is 12.1 Å². The van der Waals surface area contributed by atoms with E-state index < -0.39 is 17.9 Å². The summed E-state index contributed by atoms with van der Waals surface area (Å²) in [4.78, 5) is 36.0. The fourth-order valence-electron chi connectivity index (χ4n) is 2.70. The number of nitrogens with zero attached hydrogens (tertiary/aromatic N) is 1. The number of hydrogen-bond acceptors (Lipinski definition) is 3. The van der Waals surface area contributed by atoms with Crippen LogP contribution in [0.3, 0.4) is 0 Å². The zero-order chi connectivity index (χ0) is 15.6. The summed E-state index contributed by atoms with van der Waals surface area (Å²) in [6.45, 7) is 2.26. The van der Waals surface area contributed by atoms with Crippen LogP contribution in [0.5, 0.6) is 0 Å². The summed E-state index contributed by atoms with van der Waals surface area (Å²) in [6.07, 6.45) is 1.39. The van der Waals surface area contributed by atoms with Crippen molar-refractivity contribution in [1.82, 2.24) is 4.90 Å². The van der Waals surface area contributed by atoms with Crippen molar-refractivity contribution in [2.45, 2.75) is 38.8 Å². The minimum absolute atomic E-state index is 0.217. The Morgan fingerprint density at radius 3 is 2.71 bits per heavy atom. The summed E-state index contributed by atoms with van der Waals surface area (Å²) in [5, 5.41) is 9.25. The SMILES string of the molecule is CCCc1cccc2c1CN(C(CC(N)=O)C(=O)O)C2=O. The van der Waals surface area contributed by atoms with Gasteiger partial charge in [-0.2, -0.15) is 0 Å². The zero-order valence-electron chi connectivity index (χ0n) is 11.8. The number of aliphatic carboxylic acids is 1. The Balaban J connectivity index is 2.34. The molecule has 1 atom stereocenters. The van der Waals surface area contributed by atoms with Crippen LogP contribution in [0.4, 0.5) is 0 Å².